The molecule has 0 aliphatic carbocycles. The van der Waals surface area contributed by atoms with Crippen LogP contribution < -0.4 is 10.2 Å². The molecule has 1 aliphatic rings. The van der Waals surface area contributed by atoms with Crippen molar-refractivity contribution in [2.45, 2.75) is 20.3 Å². The van der Waals surface area contributed by atoms with Crippen molar-refractivity contribution in [1.29, 1.82) is 0 Å². The number of anilines is 2. The number of benzene rings is 2. The molecule has 1 unspecified atom stereocenters. The van der Waals surface area contributed by atoms with Crippen LogP contribution in [-0.4, -0.2) is 18.4 Å². The van der Waals surface area contributed by atoms with Gasteiger partial charge in [0.25, 0.3) is 0 Å². The summed E-state index contributed by atoms with van der Waals surface area (Å²) in [5.74, 6) is -2.63. The van der Waals surface area contributed by atoms with Crippen LogP contribution in [-0.2, 0) is 9.59 Å². The molecule has 130 valence electrons. The van der Waals surface area contributed by atoms with E-state index in [1.165, 1.54) is 0 Å². The van der Waals surface area contributed by atoms with Gasteiger partial charge in [-0.1, -0.05) is 12.1 Å². The Bertz CT molecular complexity index is 851. The number of nitrogens with zero attached hydrogens (tertiary/aromatic N) is 1. The lowest BCUT2D eigenvalue weighted by atomic mass is 10.1. The van der Waals surface area contributed by atoms with E-state index in [4.69, 9.17) is 0 Å². The summed E-state index contributed by atoms with van der Waals surface area (Å²) in [5.41, 5.74) is 2.59. The number of carbonyl (C=O) groups is 2. The molecule has 0 saturated carbocycles. The Kier molecular flexibility index (Phi) is 4.53. The lowest BCUT2D eigenvalue weighted by Gasteiger charge is -2.20. The maximum Gasteiger partial charge on any atom is 0.229 e. The largest absolute Gasteiger partial charge is 0.323 e. The van der Waals surface area contributed by atoms with Crippen LogP contribution in [0.2, 0.25) is 0 Å². The summed E-state index contributed by atoms with van der Waals surface area (Å²) in [7, 11) is 0. The van der Waals surface area contributed by atoms with Gasteiger partial charge in [-0.15, -0.1) is 0 Å². The van der Waals surface area contributed by atoms with Crippen LogP contribution in [0.3, 0.4) is 0 Å². The molecule has 3 rings (SSSR count). The predicted molar refractivity (Wildman–Crippen MR) is 91.4 cm³/mol. The number of nitrogens with one attached hydrogen (secondary N) is 1. The van der Waals surface area contributed by atoms with E-state index < -0.39 is 23.5 Å². The van der Waals surface area contributed by atoms with Crippen LogP contribution in [0.1, 0.15) is 17.5 Å². The maximum atomic E-state index is 13.7. The van der Waals surface area contributed by atoms with Crippen LogP contribution in [0.4, 0.5) is 20.2 Å². The smallest absolute Gasteiger partial charge is 0.229 e. The zero-order valence-corrected chi connectivity index (χ0v) is 14.0. The van der Waals surface area contributed by atoms with Crippen LogP contribution >= 0.6 is 0 Å². The van der Waals surface area contributed by atoms with Crippen LogP contribution in [0.15, 0.2) is 36.4 Å². The summed E-state index contributed by atoms with van der Waals surface area (Å²) in [6.45, 7) is 4.09. The quantitative estimate of drug-likeness (QED) is 0.925. The summed E-state index contributed by atoms with van der Waals surface area (Å²) in [6, 6.07) is 8.51. The van der Waals surface area contributed by atoms with E-state index in [0.717, 1.165) is 35.0 Å². The third kappa shape index (κ3) is 3.38. The molecule has 0 aromatic heterocycles. The molecule has 1 aliphatic heterocycles. The van der Waals surface area contributed by atoms with Gasteiger partial charge in [-0.25, -0.2) is 8.78 Å². The van der Waals surface area contributed by atoms with Crippen molar-refractivity contribution in [3.63, 3.8) is 0 Å². The number of carbonyl (C=O) groups excluding carboxylic acids is 2. The average Bonchev–Trinajstić information content (AvgIpc) is 2.95. The van der Waals surface area contributed by atoms with Crippen molar-refractivity contribution < 1.29 is 18.4 Å². The van der Waals surface area contributed by atoms with Crippen LogP contribution in [0.25, 0.3) is 0 Å². The van der Waals surface area contributed by atoms with Gasteiger partial charge in [0.05, 0.1) is 11.6 Å². The molecule has 2 aromatic carbocycles. The van der Waals surface area contributed by atoms with Crippen LogP contribution in [0, 0.1) is 31.4 Å². The number of amides is 2. The van der Waals surface area contributed by atoms with E-state index in [0.29, 0.717) is 0 Å². The highest BCUT2D eigenvalue weighted by Crippen LogP contribution is 2.30. The van der Waals surface area contributed by atoms with Gasteiger partial charge in [-0.05, 0) is 43.2 Å². The minimum absolute atomic E-state index is 0.0378. The van der Waals surface area contributed by atoms with Gasteiger partial charge in [-0.3, -0.25) is 9.59 Å². The number of hydrogen-bond donors (Lipinski definition) is 1. The zero-order chi connectivity index (χ0) is 18.1. The number of halogens is 2. The lowest BCUT2D eigenvalue weighted by Crippen LogP contribution is -2.28. The van der Waals surface area contributed by atoms with Gasteiger partial charge in [0.2, 0.25) is 11.8 Å². The molecule has 25 heavy (non-hydrogen) atoms. The van der Waals surface area contributed by atoms with Crippen LogP contribution in [0.5, 0.6) is 0 Å². The number of aryl methyl sites for hydroxylation is 1. The van der Waals surface area contributed by atoms with Crippen molar-refractivity contribution in [2.75, 3.05) is 16.8 Å². The Morgan fingerprint density at radius 2 is 1.96 bits per heavy atom. The minimum atomic E-state index is -0.717. The molecule has 0 spiro atoms. The Morgan fingerprint density at radius 3 is 2.72 bits per heavy atom. The first-order chi connectivity index (χ1) is 11.9. The number of rotatable bonds is 3. The van der Waals surface area contributed by atoms with E-state index >= 15 is 0 Å². The molecule has 1 saturated heterocycles. The first-order valence-corrected chi connectivity index (χ1v) is 7.99. The van der Waals surface area contributed by atoms with Gasteiger partial charge in [-0.2, -0.15) is 0 Å². The zero-order valence-electron chi connectivity index (χ0n) is 14.0. The van der Waals surface area contributed by atoms with Gasteiger partial charge >= 0.3 is 0 Å². The van der Waals surface area contributed by atoms with Crippen molar-refractivity contribution in [1.82, 2.24) is 0 Å². The molecule has 2 aromatic rings. The highest BCUT2D eigenvalue weighted by molar-refractivity contribution is 6.03. The van der Waals surface area contributed by atoms with E-state index in [2.05, 4.69) is 5.32 Å². The van der Waals surface area contributed by atoms with Crippen molar-refractivity contribution in [3.05, 3.63) is 59.2 Å². The van der Waals surface area contributed by atoms with Crippen molar-refractivity contribution in [3.8, 4) is 0 Å². The average molecular weight is 344 g/mol. The Labute approximate surface area is 144 Å². The maximum absolute atomic E-state index is 13.7. The normalized spacial score (nSPS) is 17.0. The van der Waals surface area contributed by atoms with Gasteiger partial charge < -0.3 is 10.2 Å². The second-order valence-electron chi connectivity index (χ2n) is 6.24. The summed E-state index contributed by atoms with van der Waals surface area (Å²) in [4.78, 5) is 26.3. The second kappa shape index (κ2) is 6.63. The molecule has 1 heterocycles. The molecule has 1 fully saturated rings. The topological polar surface area (TPSA) is 49.4 Å². The van der Waals surface area contributed by atoms with E-state index in [9.17, 15) is 18.4 Å². The molecular formula is C19H18F2N2O2. The Hall–Kier alpha value is -2.76. The highest BCUT2D eigenvalue weighted by atomic mass is 19.1. The van der Waals surface area contributed by atoms with E-state index in [-0.39, 0.29) is 24.6 Å². The predicted octanol–water partition coefficient (Wildman–Crippen LogP) is 3.57. The lowest BCUT2D eigenvalue weighted by molar-refractivity contribution is -0.122. The van der Waals surface area contributed by atoms with E-state index in [1.807, 2.05) is 32.0 Å². The van der Waals surface area contributed by atoms with Gasteiger partial charge in [0.15, 0.2) is 0 Å². The van der Waals surface area contributed by atoms with Crippen molar-refractivity contribution in [2.24, 2.45) is 5.92 Å². The Balaban J connectivity index is 1.77. The first kappa shape index (κ1) is 17.1. The van der Waals surface area contributed by atoms with Crippen molar-refractivity contribution >= 4 is 23.2 Å². The molecule has 0 bridgehead atoms. The Morgan fingerprint density at radius 1 is 1.20 bits per heavy atom. The van der Waals surface area contributed by atoms with E-state index in [1.54, 1.807) is 4.90 Å². The summed E-state index contributed by atoms with van der Waals surface area (Å²) < 4.78 is 26.9. The number of hydrogen-bond acceptors (Lipinski definition) is 2. The monoisotopic (exact) mass is 344 g/mol. The second-order valence-corrected chi connectivity index (χ2v) is 6.24. The molecule has 1 N–H and O–H groups in total. The standard InChI is InChI=1S/C19H18F2N2O2/c1-11-4-3-5-17(12(11)2)23-10-13(8-18(23)24)19(25)22-16-9-14(20)6-7-15(16)21/h3-7,9,13H,8,10H2,1-2H3,(H,22,25). The third-order valence-electron chi connectivity index (χ3n) is 4.55. The molecule has 1 atom stereocenters. The summed E-state index contributed by atoms with van der Waals surface area (Å²) in [5, 5.41) is 2.38. The highest BCUT2D eigenvalue weighted by Gasteiger charge is 2.36. The summed E-state index contributed by atoms with van der Waals surface area (Å²) in [6.07, 6.45) is 0.0378. The third-order valence-corrected chi connectivity index (χ3v) is 4.55. The molecule has 0 radical (unpaired) electrons. The molecule has 4 nitrogen and oxygen atoms in total. The summed E-state index contributed by atoms with van der Waals surface area (Å²) >= 11 is 0. The minimum Gasteiger partial charge on any atom is -0.323 e. The fourth-order valence-corrected chi connectivity index (χ4v) is 2.97. The molecule has 6 heteroatoms. The fraction of sp³-hybridized carbons (Fsp3) is 0.263. The SMILES string of the molecule is Cc1cccc(N2CC(C(=O)Nc3cc(F)ccc3F)CC2=O)c1C. The molecular weight excluding hydrogens is 326 g/mol. The van der Waals surface area contributed by atoms with Gasteiger partial charge in [0.1, 0.15) is 11.6 Å². The van der Waals surface area contributed by atoms with Gasteiger partial charge in [0, 0.05) is 24.7 Å². The molecule has 2 amide bonds. The fourth-order valence-electron chi connectivity index (χ4n) is 2.97. The first-order valence-electron chi connectivity index (χ1n) is 7.99.